The van der Waals surface area contributed by atoms with Gasteiger partial charge < -0.3 is 15.5 Å². The van der Waals surface area contributed by atoms with Crippen molar-refractivity contribution in [3.8, 4) is 0 Å². The number of hydrogen-bond donors (Lipinski definition) is 2. The maximum absolute atomic E-state index is 7.25. The quantitative estimate of drug-likeness (QED) is 0.569. The number of nitrogens with zero attached hydrogens (tertiary/aromatic N) is 2. The van der Waals surface area contributed by atoms with E-state index in [1.807, 2.05) is 25.8 Å². The number of piperidine rings is 1. The zero-order valence-corrected chi connectivity index (χ0v) is 11.3. The number of nitrogens with two attached hydrogens (primary N) is 1. The minimum Gasteiger partial charge on any atom is -0.370 e. The maximum atomic E-state index is 7.25. The maximum Gasteiger partial charge on any atom is 0.188 e. The molecule has 0 spiro atoms. The normalized spacial score (nSPS) is 17.5. The summed E-state index contributed by atoms with van der Waals surface area (Å²) < 4.78 is 0. The van der Waals surface area contributed by atoms with E-state index in [9.17, 15) is 0 Å². The summed E-state index contributed by atoms with van der Waals surface area (Å²) in [6, 6.07) is 0. The first-order valence-electron chi connectivity index (χ1n) is 6.33. The highest BCUT2D eigenvalue weighted by atomic mass is 15.2. The number of hydrogen-bond acceptors (Lipinski definition) is 2. The summed E-state index contributed by atoms with van der Waals surface area (Å²) >= 11 is 0. The van der Waals surface area contributed by atoms with Gasteiger partial charge in [-0.3, -0.25) is 5.41 Å². The molecule has 0 saturated carbocycles. The highest BCUT2D eigenvalue weighted by Gasteiger charge is 2.16. The topological polar surface area (TPSA) is 56.4 Å². The third-order valence-corrected chi connectivity index (χ3v) is 3.12. The van der Waals surface area contributed by atoms with Crippen LogP contribution in [0.5, 0.6) is 0 Å². The lowest BCUT2D eigenvalue weighted by atomic mass is 9.94. The summed E-state index contributed by atoms with van der Waals surface area (Å²) in [6.07, 6.45) is 3.76. The zero-order chi connectivity index (χ0) is 12.6. The van der Waals surface area contributed by atoms with Gasteiger partial charge >= 0.3 is 0 Å². The Hall–Kier alpha value is -0.770. The fraction of sp³-hybridized carbons (Fsp3) is 0.917. The molecule has 1 saturated heterocycles. The third-order valence-electron chi connectivity index (χ3n) is 3.12. The van der Waals surface area contributed by atoms with E-state index < -0.39 is 0 Å². The molecule has 4 nitrogen and oxygen atoms in total. The summed E-state index contributed by atoms with van der Waals surface area (Å²) in [5.74, 6) is 1.01. The van der Waals surface area contributed by atoms with Gasteiger partial charge in [-0.1, -0.05) is 13.8 Å². The SMILES string of the molecule is CC.CN1CCC(CCN(C)C(=N)N)CC1. The Morgan fingerprint density at radius 3 is 2.31 bits per heavy atom. The van der Waals surface area contributed by atoms with Crippen LogP contribution in [0.15, 0.2) is 0 Å². The van der Waals surface area contributed by atoms with Gasteiger partial charge in [0, 0.05) is 13.6 Å². The minimum atomic E-state index is 0.179. The van der Waals surface area contributed by atoms with Crippen LogP contribution in [0.4, 0.5) is 0 Å². The first-order chi connectivity index (χ1) is 7.59. The molecule has 1 aliphatic rings. The first kappa shape index (κ1) is 15.2. The second kappa shape index (κ2) is 8.39. The van der Waals surface area contributed by atoms with E-state index in [1.54, 1.807) is 0 Å². The van der Waals surface area contributed by atoms with Crippen LogP contribution in [0, 0.1) is 11.3 Å². The van der Waals surface area contributed by atoms with E-state index in [4.69, 9.17) is 11.1 Å². The molecule has 0 bridgehead atoms. The van der Waals surface area contributed by atoms with Crippen molar-refractivity contribution in [1.29, 1.82) is 5.41 Å². The molecule has 1 aliphatic heterocycles. The standard InChI is InChI=1S/C10H22N4.C2H6/c1-13-6-3-9(4-7-13)5-8-14(2)10(11)12;1-2/h9H,3-8H2,1-2H3,(H3,11,12);1-2H3. The lowest BCUT2D eigenvalue weighted by Crippen LogP contribution is -2.36. The van der Waals surface area contributed by atoms with Gasteiger partial charge in [-0.2, -0.15) is 0 Å². The van der Waals surface area contributed by atoms with E-state index >= 15 is 0 Å². The van der Waals surface area contributed by atoms with Crippen LogP contribution in [0.1, 0.15) is 33.1 Å². The molecule has 1 fully saturated rings. The van der Waals surface area contributed by atoms with Crippen LogP contribution in [0.3, 0.4) is 0 Å². The number of likely N-dealkylation sites (tertiary alicyclic amines) is 1. The highest BCUT2D eigenvalue weighted by Crippen LogP contribution is 2.19. The molecule has 0 aliphatic carbocycles. The third kappa shape index (κ3) is 5.95. The van der Waals surface area contributed by atoms with E-state index in [1.165, 1.54) is 32.4 Å². The summed E-state index contributed by atoms with van der Waals surface area (Å²) in [6.45, 7) is 7.35. The van der Waals surface area contributed by atoms with Gasteiger partial charge in [0.05, 0.1) is 0 Å². The Bertz CT molecular complexity index is 185. The Morgan fingerprint density at radius 2 is 1.88 bits per heavy atom. The van der Waals surface area contributed by atoms with Crippen LogP contribution in [0.2, 0.25) is 0 Å². The van der Waals surface area contributed by atoms with Gasteiger partial charge in [-0.05, 0) is 45.3 Å². The minimum absolute atomic E-state index is 0.179. The van der Waals surface area contributed by atoms with Crippen molar-refractivity contribution >= 4 is 5.96 Å². The smallest absolute Gasteiger partial charge is 0.188 e. The van der Waals surface area contributed by atoms with Crippen molar-refractivity contribution in [3.05, 3.63) is 0 Å². The molecule has 16 heavy (non-hydrogen) atoms. The van der Waals surface area contributed by atoms with Crippen LogP contribution in [-0.2, 0) is 0 Å². The molecule has 0 amide bonds. The average molecular weight is 228 g/mol. The number of rotatable bonds is 3. The van der Waals surface area contributed by atoms with Crippen molar-refractivity contribution < 1.29 is 0 Å². The van der Waals surface area contributed by atoms with Gasteiger partial charge in [-0.25, -0.2) is 0 Å². The zero-order valence-electron chi connectivity index (χ0n) is 11.3. The molecule has 0 radical (unpaired) electrons. The van der Waals surface area contributed by atoms with Gasteiger partial charge in [0.2, 0.25) is 0 Å². The molecule has 1 heterocycles. The predicted octanol–water partition coefficient (Wildman–Crippen LogP) is 1.57. The predicted molar refractivity (Wildman–Crippen MR) is 70.7 cm³/mol. The molecule has 3 N–H and O–H groups in total. The van der Waals surface area contributed by atoms with E-state index in [0.29, 0.717) is 0 Å². The molecule has 0 aromatic heterocycles. The van der Waals surface area contributed by atoms with Crippen molar-refractivity contribution in [3.63, 3.8) is 0 Å². The largest absolute Gasteiger partial charge is 0.370 e. The Balaban J connectivity index is 0.00000106. The van der Waals surface area contributed by atoms with Crippen LogP contribution >= 0.6 is 0 Å². The number of guanidine groups is 1. The van der Waals surface area contributed by atoms with Crippen molar-refractivity contribution in [2.75, 3.05) is 33.7 Å². The second-order valence-electron chi connectivity index (χ2n) is 4.34. The highest BCUT2D eigenvalue weighted by molar-refractivity contribution is 5.74. The van der Waals surface area contributed by atoms with E-state index in [0.717, 1.165) is 12.5 Å². The molecule has 1 rings (SSSR count). The molecule has 0 aromatic carbocycles. The fourth-order valence-electron chi connectivity index (χ4n) is 1.85. The average Bonchev–Trinajstić information content (AvgIpc) is 2.30. The first-order valence-corrected chi connectivity index (χ1v) is 6.33. The second-order valence-corrected chi connectivity index (χ2v) is 4.34. The van der Waals surface area contributed by atoms with E-state index in [2.05, 4.69) is 11.9 Å². The Kier molecular flexibility index (Phi) is 7.99. The lowest BCUT2D eigenvalue weighted by Gasteiger charge is -2.30. The summed E-state index contributed by atoms with van der Waals surface area (Å²) in [5, 5.41) is 7.25. The molecule has 0 aromatic rings. The Labute approximate surface area is 100 Å². The molecule has 0 unspecified atom stereocenters. The van der Waals surface area contributed by atoms with Crippen LogP contribution < -0.4 is 5.73 Å². The van der Waals surface area contributed by atoms with Gasteiger partial charge in [0.1, 0.15) is 0 Å². The van der Waals surface area contributed by atoms with Crippen LogP contribution in [0.25, 0.3) is 0 Å². The van der Waals surface area contributed by atoms with Gasteiger partial charge in [0.25, 0.3) is 0 Å². The van der Waals surface area contributed by atoms with Crippen molar-refractivity contribution in [2.24, 2.45) is 11.7 Å². The number of nitrogens with one attached hydrogen (secondary N) is 1. The fourth-order valence-corrected chi connectivity index (χ4v) is 1.85. The molecule has 0 atom stereocenters. The summed E-state index contributed by atoms with van der Waals surface area (Å²) in [7, 11) is 4.06. The summed E-state index contributed by atoms with van der Waals surface area (Å²) in [4.78, 5) is 4.20. The van der Waals surface area contributed by atoms with E-state index in [-0.39, 0.29) is 5.96 Å². The van der Waals surface area contributed by atoms with Crippen molar-refractivity contribution in [2.45, 2.75) is 33.1 Å². The van der Waals surface area contributed by atoms with Gasteiger partial charge in [-0.15, -0.1) is 0 Å². The van der Waals surface area contributed by atoms with Gasteiger partial charge in [0.15, 0.2) is 5.96 Å². The molecular formula is C12H28N4. The molecule has 4 heteroatoms. The van der Waals surface area contributed by atoms with Crippen LogP contribution in [-0.4, -0.2) is 49.5 Å². The monoisotopic (exact) mass is 228 g/mol. The lowest BCUT2D eigenvalue weighted by molar-refractivity contribution is 0.206. The van der Waals surface area contributed by atoms with Crippen molar-refractivity contribution in [1.82, 2.24) is 9.80 Å². The molecule has 96 valence electrons. The summed E-state index contributed by atoms with van der Waals surface area (Å²) in [5.41, 5.74) is 5.37. The Morgan fingerprint density at radius 1 is 1.38 bits per heavy atom. The molecular weight excluding hydrogens is 200 g/mol.